The first-order valence-electron chi connectivity index (χ1n) is 12.3. The van der Waals surface area contributed by atoms with Crippen LogP contribution >= 0.6 is 11.6 Å². The number of benzene rings is 3. The molecule has 2 amide bonds. The first kappa shape index (κ1) is 24.3. The summed E-state index contributed by atoms with van der Waals surface area (Å²) in [5.41, 5.74) is 2.49. The molecule has 1 saturated carbocycles. The molecule has 2 unspecified atom stereocenters. The standard InChI is InChI=1S/C29H28ClFN2O3/c1-36-21-14-11-18(12-15-21)27-26(28(34)32-19-13-16-25(31)24(30)17-19)22-9-5-6-10-23(22)29(35)33(27)20-7-3-2-4-8-20/h5-6,9-17,20,26-27H,2-4,7-8H2,1H3,(H,32,34). The largest absolute Gasteiger partial charge is 0.497 e. The van der Waals surface area contributed by atoms with Gasteiger partial charge in [-0.3, -0.25) is 9.59 Å². The summed E-state index contributed by atoms with van der Waals surface area (Å²) < 4.78 is 19.1. The molecular weight excluding hydrogens is 479 g/mol. The van der Waals surface area contributed by atoms with Crippen molar-refractivity contribution in [3.63, 3.8) is 0 Å². The maximum absolute atomic E-state index is 14.0. The van der Waals surface area contributed by atoms with Crippen molar-refractivity contribution in [2.45, 2.75) is 50.1 Å². The first-order chi connectivity index (χ1) is 17.5. The molecule has 5 nitrogen and oxygen atoms in total. The number of nitrogens with zero attached hydrogens (tertiary/aromatic N) is 1. The number of nitrogens with one attached hydrogen (secondary N) is 1. The highest BCUT2D eigenvalue weighted by Crippen LogP contribution is 2.46. The normalized spacial score (nSPS) is 20.1. The summed E-state index contributed by atoms with van der Waals surface area (Å²) in [5.74, 6) is -0.847. The van der Waals surface area contributed by atoms with E-state index in [2.05, 4.69) is 5.32 Å². The number of anilines is 1. The lowest BCUT2D eigenvalue weighted by molar-refractivity contribution is -0.119. The first-order valence-corrected chi connectivity index (χ1v) is 12.7. The van der Waals surface area contributed by atoms with Crippen LogP contribution in [-0.2, 0) is 4.79 Å². The highest BCUT2D eigenvalue weighted by atomic mass is 35.5. The minimum atomic E-state index is -0.668. The topological polar surface area (TPSA) is 58.6 Å². The van der Waals surface area contributed by atoms with Crippen LogP contribution in [-0.4, -0.2) is 29.9 Å². The fraction of sp³-hybridized carbons (Fsp3) is 0.310. The maximum atomic E-state index is 14.0. The Morgan fingerprint density at radius 1 is 1.03 bits per heavy atom. The maximum Gasteiger partial charge on any atom is 0.254 e. The van der Waals surface area contributed by atoms with Crippen LogP contribution in [0.15, 0.2) is 66.7 Å². The lowest BCUT2D eigenvalue weighted by Gasteiger charge is -2.46. The van der Waals surface area contributed by atoms with Gasteiger partial charge >= 0.3 is 0 Å². The molecule has 36 heavy (non-hydrogen) atoms. The smallest absolute Gasteiger partial charge is 0.254 e. The molecule has 3 aromatic rings. The van der Waals surface area contributed by atoms with Crippen LogP contribution in [0.2, 0.25) is 5.02 Å². The van der Waals surface area contributed by atoms with E-state index in [1.807, 2.05) is 47.4 Å². The molecule has 0 saturated heterocycles. The van der Waals surface area contributed by atoms with Gasteiger partial charge in [-0.05, 0) is 60.4 Å². The summed E-state index contributed by atoms with van der Waals surface area (Å²) in [6.07, 6.45) is 5.06. The number of rotatable bonds is 5. The highest BCUT2D eigenvalue weighted by molar-refractivity contribution is 6.31. The van der Waals surface area contributed by atoms with Crippen molar-refractivity contribution >= 4 is 29.1 Å². The van der Waals surface area contributed by atoms with Crippen LogP contribution < -0.4 is 10.1 Å². The molecule has 0 aromatic heterocycles. The summed E-state index contributed by atoms with van der Waals surface area (Å²) in [4.78, 5) is 29.8. The van der Waals surface area contributed by atoms with Gasteiger partial charge in [-0.25, -0.2) is 4.39 Å². The van der Waals surface area contributed by atoms with Gasteiger partial charge in [-0.15, -0.1) is 0 Å². The Kier molecular flexibility index (Phi) is 6.97. The van der Waals surface area contributed by atoms with Crippen LogP contribution in [0.4, 0.5) is 10.1 Å². The average molecular weight is 507 g/mol. The monoisotopic (exact) mass is 506 g/mol. The number of halogens is 2. The number of fused-ring (bicyclic) bond motifs is 1. The minimum Gasteiger partial charge on any atom is -0.497 e. The predicted molar refractivity (Wildman–Crippen MR) is 138 cm³/mol. The van der Waals surface area contributed by atoms with Crippen LogP contribution in [0.5, 0.6) is 5.75 Å². The average Bonchev–Trinajstić information content (AvgIpc) is 2.91. The molecule has 0 radical (unpaired) electrons. The van der Waals surface area contributed by atoms with E-state index in [1.165, 1.54) is 18.2 Å². The van der Waals surface area contributed by atoms with E-state index < -0.39 is 17.8 Å². The number of amides is 2. The molecule has 5 rings (SSSR count). The molecule has 7 heteroatoms. The van der Waals surface area contributed by atoms with Crippen LogP contribution in [0.3, 0.4) is 0 Å². The quantitative estimate of drug-likeness (QED) is 0.417. The number of ether oxygens (including phenoxy) is 1. The number of carbonyl (C=O) groups is 2. The Hall–Kier alpha value is -3.38. The van der Waals surface area contributed by atoms with Crippen LogP contribution in [0.25, 0.3) is 0 Å². The van der Waals surface area contributed by atoms with Crippen molar-refractivity contribution in [1.82, 2.24) is 4.90 Å². The second kappa shape index (κ2) is 10.3. The summed E-state index contributed by atoms with van der Waals surface area (Å²) in [6, 6.07) is 18.5. The van der Waals surface area contributed by atoms with Crippen molar-refractivity contribution in [3.05, 3.63) is 94.3 Å². The Labute approximate surface area is 215 Å². The fourth-order valence-corrected chi connectivity index (χ4v) is 5.72. The van der Waals surface area contributed by atoms with Crippen molar-refractivity contribution in [2.24, 2.45) is 0 Å². The number of hydrogen-bond donors (Lipinski definition) is 1. The van der Waals surface area contributed by atoms with Crippen LogP contribution in [0.1, 0.15) is 65.5 Å². The molecule has 3 aromatic carbocycles. The third kappa shape index (κ3) is 4.58. The zero-order valence-electron chi connectivity index (χ0n) is 20.0. The molecule has 0 bridgehead atoms. The third-order valence-electron chi connectivity index (χ3n) is 7.27. The Bertz CT molecular complexity index is 1270. The van der Waals surface area contributed by atoms with E-state index >= 15 is 0 Å². The van der Waals surface area contributed by atoms with Gasteiger partial charge < -0.3 is 15.0 Å². The zero-order valence-corrected chi connectivity index (χ0v) is 20.8. The van der Waals surface area contributed by atoms with Gasteiger partial charge in [-0.1, -0.05) is 61.2 Å². The lowest BCUT2D eigenvalue weighted by Crippen LogP contribution is -2.51. The van der Waals surface area contributed by atoms with Gasteiger partial charge in [0.15, 0.2) is 0 Å². The SMILES string of the molecule is COc1ccc(C2C(C(=O)Nc3ccc(F)c(Cl)c3)c3ccccc3C(=O)N2C2CCCCC2)cc1. The second-order valence-corrected chi connectivity index (χ2v) is 9.81. The second-order valence-electron chi connectivity index (χ2n) is 9.41. The fourth-order valence-electron chi connectivity index (χ4n) is 5.54. The van der Waals surface area contributed by atoms with E-state index in [0.717, 1.165) is 37.7 Å². The molecule has 1 aliphatic heterocycles. The minimum absolute atomic E-state index is 0.0438. The van der Waals surface area contributed by atoms with E-state index in [9.17, 15) is 14.0 Å². The summed E-state index contributed by atoms with van der Waals surface area (Å²) in [7, 11) is 1.60. The molecule has 1 heterocycles. The van der Waals surface area contributed by atoms with Gasteiger partial charge in [0.05, 0.1) is 24.1 Å². The molecule has 1 N–H and O–H groups in total. The van der Waals surface area contributed by atoms with E-state index in [-0.39, 0.29) is 22.9 Å². The van der Waals surface area contributed by atoms with Crippen molar-refractivity contribution < 1.29 is 18.7 Å². The molecule has 2 atom stereocenters. The van der Waals surface area contributed by atoms with Crippen molar-refractivity contribution in [1.29, 1.82) is 0 Å². The lowest BCUT2D eigenvalue weighted by atomic mass is 9.77. The number of methoxy groups -OCH3 is 1. The van der Waals surface area contributed by atoms with Gasteiger partial charge in [0.2, 0.25) is 5.91 Å². The molecule has 1 aliphatic carbocycles. The molecule has 1 fully saturated rings. The Morgan fingerprint density at radius 3 is 2.44 bits per heavy atom. The number of carbonyl (C=O) groups excluding carboxylic acids is 2. The van der Waals surface area contributed by atoms with E-state index in [0.29, 0.717) is 22.6 Å². The predicted octanol–water partition coefficient (Wildman–Crippen LogP) is 6.74. The molecular formula is C29H28ClFN2O3. The summed E-state index contributed by atoms with van der Waals surface area (Å²) in [6.45, 7) is 0. The molecule has 0 spiro atoms. The van der Waals surface area contributed by atoms with Gasteiger partial charge in [-0.2, -0.15) is 0 Å². The van der Waals surface area contributed by atoms with Gasteiger partial charge in [0.25, 0.3) is 5.91 Å². The van der Waals surface area contributed by atoms with E-state index in [4.69, 9.17) is 16.3 Å². The van der Waals surface area contributed by atoms with Crippen molar-refractivity contribution in [2.75, 3.05) is 12.4 Å². The highest BCUT2D eigenvalue weighted by Gasteiger charge is 2.46. The Balaban J connectivity index is 1.63. The summed E-state index contributed by atoms with van der Waals surface area (Å²) >= 11 is 5.97. The van der Waals surface area contributed by atoms with Gasteiger partial charge in [0, 0.05) is 17.3 Å². The summed E-state index contributed by atoms with van der Waals surface area (Å²) in [5, 5.41) is 2.86. The third-order valence-corrected chi connectivity index (χ3v) is 7.56. The van der Waals surface area contributed by atoms with Crippen LogP contribution in [0, 0.1) is 5.82 Å². The van der Waals surface area contributed by atoms with Gasteiger partial charge in [0.1, 0.15) is 11.6 Å². The van der Waals surface area contributed by atoms with E-state index in [1.54, 1.807) is 13.2 Å². The zero-order chi connectivity index (χ0) is 25.2. The molecule has 186 valence electrons. The Morgan fingerprint density at radius 2 is 1.75 bits per heavy atom. The number of hydrogen-bond acceptors (Lipinski definition) is 3. The van der Waals surface area contributed by atoms with Crippen molar-refractivity contribution in [3.8, 4) is 5.75 Å². The molecule has 2 aliphatic rings.